The maximum Gasteiger partial charge on any atom is 0.428 e. The molecule has 160 valence electrons. The van der Waals surface area contributed by atoms with Crippen LogP contribution in [0, 0.1) is 17.8 Å². The van der Waals surface area contributed by atoms with Crippen LogP contribution in [-0.4, -0.2) is 43.1 Å². The van der Waals surface area contributed by atoms with Gasteiger partial charge < -0.3 is 4.74 Å². The molecule has 0 heterocycles. The SMILES string of the molecule is CC1CCC(C2CC(F)C(OC(C(F)F)(C(F)F)C(F)(F)F)C(F)C2)CC1. The summed E-state index contributed by atoms with van der Waals surface area (Å²) >= 11 is 0. The van der Waals surface area contributed by atoms with E-state index in [0.29, 0.717) is 5.92 Å². The summed E-state index contributed by atoms with van der Waals surface area (Å²) in [5.74, 6) is -0.00953. The topological polar surface area (TPSA) is 9.23 Å². The van der Waals surface area contributed by atoms with Gasteiger partial charge in [0.25, 0.3) is 18.5 Å². The maximum absolute atomic E-state index is 14.4. The minimum Gasteiger partial charge on any atom is -0.347 e. The number of alkyl halides is 9. The van der Waals surface area contributed by atoms with E-state index < -0.39 is 49.0 Å². The molecule has 0 amide bonds. The van der Waals surface area contributed by atoms with Crippen LogP contribution in [0.15, 0.2) is 0 Å². The Kier molecular flexibility index (Phi) is 7.01. The summed E-state index contributed by atoms with van der Waals surface area (Å²) in [5.41, 5.74) is -5.21. The lowest BCUT2D eigenvalue weighted by molar-refractivity contribution is -0.369. The molecule has 2 saturated carbocycles. The van der Waals surface area contributed by atoms with Gasteiger partial charge in [0.05, 0.1) is 0 Å². The molecule has 0 aromatic heterocycles. The average Bonchev–Trinajstić information content (AvgIpc) is 2.52. The van der Waals surface area contributed by atoms with Crippen LogP contribution in [-0.2, 0) is 4.74 Å². The van der Waals surface area contributed by atoms with Crippen LogP contribution in [0.25, 0.3) is 0 Å². The van der Waals surface area contributed by atoms with Crippen molar-refractivity contribution in [3.63, 3.8) is 0 Å². The predicted molar refractivity (Wildman–Crippen MR) is 79.3 cm³/mol. The van der Waals surface area contributed by atoms with Crippen molar-refractivity contribution in [3.05, 3.63) is 0 Å². The lowest BCUT2D eigenvalue weighted by atomic mass is 9.70. The van der Waals surface area contributed by atoms with Gasteiger partial charge in [0.2, 0.25) is 0 Å². The Morgan fingerprint density at radius 3 is 1.59 bits per heavy atom. The summed E-state index contributed by atoms with van der Waals surface area (Å²) in [5, 5.41) is 0. The van der Waals surface area contributed by atoms with Crippen molar-refractivity contribution in [2.45, 2.75) is 88.5 Å². The number of hydrogen-bond donors (Lipinski definition) is 0. The molecule has 2 rings (SSSR count). The largest absolute Gasteiger partial charge is 0.428 e. The van der Waals surface area contributed by atoms with E-state index in [-0.39, 0.29) is 18.8 Å². The number of hydrogen-bond acceptors (Lipinski definition) is 1. The molecule has 0 aliphatic heterocycles. The molecule has 1 nitrogen and oxygen atoms in total. The zero-order valence-corrected chi connectivity index (χ0v) is 14.7. The van der Waals surface area contributed by atoms with Crippen molar-refractivity contribution >= 4 is 0 Å². The Labute approximate surface area is 151 Å². The predicted octanol–water partition coefficient (Wildman–Crippen LogP) is 6.12. The monoisotopic (exact) mass is 414 g/mol. The summed E-state index contributed by atoms with van der Waals surface area (Å²) in [4.78, 5) is 0. The van der Waals surface area contributed by atoms with E-state index >= 15 is 0 Å². The summed E-state index contributed by atoms with van der Waals surface area (Å²) in [6.07, 6.45) is -20.5. The van der Waals surface area contributed by atoms with Gasteiger partial charge >= 0.3 is 6.18 Å². The molecule has 2 fully saturated rings. The zero-order valence-electron chi connectivity index (χ0n) is 14.7. The van der Waals surface area contributed by atoms with Gasteiger partial charge in [-0.1, -0.05) is 19.8 Å². The van der Waals surface area contributed by atoms with Crippen LogP contribution in [0.3, 0.4) is 0 Å². The van der Waals surface area contributed by atoms with Gasteiger partial charge in [-0.2, -0.15) is 13.2 Å². The molecule has 2 aliphatic rings. The molecule has 0 radical (unpaired) electrons. The molecule has 10 heteroatoms. The third-order valence-corrected chi connectivity index (χ3v) is 5.92. The minimum atomic E-state index is -6.19. The average molecular weight is 414 g/mol. The van der Waals surface area contributed by atoms with E-state index in [4.69, 9.17) is 0 Å². The second kappa shape index (κ2) is 8.37. The second-order valence-electron chi connectivity index (χ2n) is 7.76. The van der Waals surface area contributed by atoms with Crippen LogP contribution in [0.5, 0.6) is 0 Å². The highest BCUT2D eigenvalue weighted by Crippen LogP contribution is 2.48. The van der Waals surface area contributed by atoms with E-state index in [0.717, 1.165) is 25.7 Å². The number of ether oxygens (including phenoxy) is 1. The highest BCUT2D eigenvalue weighted by molar-refractivity contribution is 4.99. The molecule has 2 aliphatic carbocycles. The van der Waals surface area contributed by atoms with Crippen LogP contribution >= 0.6 is 0 Å². The minimum absolute atomic E-state index is 0.0174. The van der Waals surface area contributed by atoms with Crippen molar-refractivity contribution in [1.82, 2.24) is 0 Å². The van der Waals surface area contributed by atoms with Gasteiger partial charge in [0, 0.05) is 0 Å². The summed E-state index contributed by atoms with van der Waals surface area (Å²) in [6, 6.07) is 0. The molecule has 0 saturated heterocycles. The first-order valence-electron chi connectivity index (χ1n) is 8.99. The van der Waals surface area contributed by atoms with Gasteiger partial charge in [-0.05, 0) is 43.4 Å². The lowest BCUT2D eigenvalue weighted by Crippen LogP contribution is -2.63. The number of halogens is 9. The van der Waals surface area contributed by atoms with Crippen LogP contribution in [0.4, 0.5) is 39.5 Å². The fourth-order valence-electron chi connectivity index (χ4n) is 4.20. The van der Waals surface area contributed by atoms with Gasteiger partial charge in [-0.3, -0.25) is 0 Å². The first kappa shape index (κ1) is 22.6. The number of rotatable bonds is 5. The molecular weight excluding hydrogens is 391 g/mol. The standard InChI is InChI=1S/C17H23F9O/c1-8-2-4-9(5-3-8)10-6-11(18)13(12(19)7-10)27-16(14(20)21,15(22)23)17(24,25)26/h8-15H,2-7H2,1H3. The Hall–Kier alpha value is -0.670. The van der Waals surface area contributed by atoms with Gasteiger partial charge in [-0.25, -0.2) is 26.3 Å². The highest BCUT2D eigenvalue weighted by atomic mass is 19.4. The molecule has 0 spiro atoms. The fraction of sp³-hybridized carbons (Fsp3) is 1.00. The quantitative estimate of drug-likeness (QED) is 0.493. The molecule has 0 aromatic rings. The van der Waals surface area contributed by atoms with E-state index in [1.54, 1.807) is 0 Å². The van der Waals surface area contributed by atoms with Crippen molar-refractivity contribution < 1.29 is 44.3 Å². The van der Waals surface area contributed by atoms with Gasteiger partial charge in [0.1, 0.15) is 18.4 Å². The molecule has 27 heavy (non-hydrogen) atoms. The van der Waals surface area contributed by atoms with E-state index in [9.17, 15) is 39.5 Å². The Morgan fingerprint density at radius 2 is 1.22 bits per heavy atom. The van der Waals surface area contributed by atoms with Gasteiger partial charge in [-0.15, -0.1) is 0 Å². The van der Waals surface area contributed by atoms with Crippen molar-refractivity contribution in [3.8, 4) is 0 Å². The van der Waals surface area contributed by atoms with E-state index in [2.05, 4.69) is 4.74 Å². The summed E-state index contributed by atoms with van der Waals surface area (Å²) < 4.78 is 123. The van der Waals surface area contributed by atoms with Crippen LogP contribution in [0.1, 0.15) is 45.4 Å². The third-order valence-electron chi connectivity index (χ3n) is 5.92. The molecule has 2 atom stereocenters. The van der Waals surface area contributed by atoms with E-state index in [1.165, 1.54) is 0 Å². The smallest absolute Gasteiger partial charge is 0.347 e. The first-order valence-corrected chi connectivity index (χ1v) is 8.99. The molecule has 0 aromatic carbocycles. The lowest BCUT2D eigenvalue weighted by Gasteiger charge is -2.44. The highest BCUT2D eigenvalue weighted by Gasteiger charge is 2.71. The summed E-state index contributed by atoms with van der Waals surface area (Å²) in [7, 11) is 0. The van der Waals surface area contributed by atoms with Gasteiger partial charge in [0.15, 0.2) is 0 Å². The molecular formula is C17H23F9O. The summed E-state index contributed by atoms with van der Waals surface area (Å²) in [6.45, 7) is 2.04. The Morgan fingerprint density at radius 1 is 0.778 bits per heavy atom. The third kappa shape index (κ3) is 4.50. The second-order valence-corrected chi connectivity index (χ2v) is 7.76. The molecule has 0 N–H and O–H groups in total. The molecule has 0 bridgehead atoms. The Balaban J connectivity index is 2.15. The maximum atomic E-state index is 14.4. The molecule has 2 unspecified atom stereocenters. The van der Waals surface area contributed by atoms with Crippen LogP contribution in [0.2, 0.25) is 0 Å². The fourth-order valence-corrected chi connectivity index (χ4v) is 4.20. The van der Waals surface area contributed by atoms with Crippen molar-refractivity contribution in [2.75, 3.05) is 0 Å². The van der Waals surface area contributed by atoms with Crippen molar-refractivity contribution in [2.24, 2.45) is 17.8 Å². The van der Waals surface area contributed by atoms with Crippen LogP contribution < -0.4 is 0 Å². The van der Waals surface area contributed by atoms with E-state index in [1.807, 2.05) is 6.92 Å². The first-order chi connectivity index (χ1) is 12.4. The normalized spacial score (nSPS) is 36.4. The Bertz CT molecular complexity index is 454. The zero-order chi connectivity index (χ0) is 20.6. The van der Waals surface area contributed by atoms with Crippen molar-refractivity contribution in [1.29, 1.82) is 0 Å².